The number of benzene rings is 1. The SMILES string of the molecule is CC.CC1CNCc2c(OC3CC4(C3)CN(c3ncnnc3Cc3ccc(F)cc3C=O)C4)ccnc21.CCN(C)C(C)C.CN. The molecule has 46 heavy (non-hydrogen) atoms. The minimum absolute atomic E-state index is 0.207. The summed E-state index contributed by atoms with van der Waals surface area (Å²) in [6.45, 7) is 17.4. The Morgan fingerprint density at radius 2 is 1.91 bits per heavy atom. The number of pyridine rings is 1. The fourth-order valence-electron chi connectivity index (χ4n) is 6.11. The highest BCUT2D eigenvalue weighted by atomic mass is 19.1. The molecule has 0 radical (unpaired) electrons. The highest BCUT2D eigenvalue weighted by Crippen LogP contribution is 2.51. The first-order valence-corrected chi connectivity index (χ1v) is 16.5. The summed E-state index contributed by atoms with van der Waals surface area (Å²) in [4.78, 5) is 25.0. The second-order valence-corrected chi connectivity index (χ2v) is 12.2. The van der Waals surface area contributed by atoms with Crippen molar-refractivity contribution < 1.29 is 13.9 Å². The summed E-state index contributed by atoms with van der Waals surface area (Å²) >= 11 is 0. The van der Waals surface area contributed by atoms with Gasteiger partial charge < -0.3 is 25.6 Å². The zero-order chi connectivity index (χ0) is 33.9. The van der Waals surface area contributed by atoms with E-state index in [4.69, 9.17) is 4.74 Å². The van der Waals surface area contributed by atoms with E-state index in [9.17, 15) is 9.18 Å². The van der Waals surface area contributed by atoms with Crippen molar-refractivity contribution in [3.63, 3.8) is 0 Å². The second-order valence-electron chi connectivity index (χ2n) is 12.2. The van der Waals surface area contributed by atoms with Crippen LogP contribution in [-0.2, 0) is 13.0 Å². The van der Waals surface area contributed by atoms with E-state index in [1.807, 2.05) is 26.1 Å². The molecular formula is C35H53FN8O2. The highest BCUT2D eigenvalue weighted by molar-refractivity contribution is 5.77. The number of nitrogens with zero attached hydrogens (tertiary/aromatic N) is 6. The normalized spacial score (nSPS) is 17.7. The number of aromatic nitrogens is 4. The van der Waals surface area contributed by atoms with Crippen LogP contribution in [0.1, 0.15) is 93.2 Å². The fraction of sp³-hybridized carbons (Fsp3) is 0.571. The number of hydrogen-bond donors (Lipinski definition) is 2. The molecule has 6 rings (SSSR count). The molecule has 252 valence electrons. The summed E-state index contributed by atoms with van der Waals surface area (Å²) in [6, 6.07) is 6.91. The Morgan fingerprint density at radius 3 is 2.54 bits per heavy atom. The molecule has 3 aromatic rings. The number of ether oxygens (including phenoxy) is 1. The number of carbonyl (C=O) groups excluding carboxylic acids is 1. The van der Waals surface area contributed by atoms with Gasteiger partial charge in [0.05, 0.1) is 5.69 Å². The number of carbonyl (C=O) groups is 1. The zero-order valence-electron chi connectivity index (χ0n) is 28.9. The predicted molar refractivity (Wildman–Crippen MR) is 182 cm³/mol. The van der Waals surface area contributed by atoms with Gasteiger partial charge in [0.2, 0.25) is 0 Å². The average molecular weight is 637 g/mol. The maximum atomic E-state index is 13.5. The number of nitrogens with two attached hydrogens (primary N) is 1. The van der Waals surface area contributed by atoms with Gasteiger partial charge in [-0.2, -0.15) is 0 Å². The number of aldehydes is 1. The third-order valence-electron chi connectivity index (χ3n) is 8.87. The van der Waals surface area contributed by atoms with Gasteiger partial charge >= 0.3 is 0 Å². The van der Waals surface area contributed by atoms with Gasteiger partial charge in [-0.1, -0.05) is 33.8 Å². The second kappa shape index (κ2) is 17.4. The van der Waals surface area contributed by atoms with Crippen LogP contribution in [0.5, 0.6) is 5.75 Å². The first-order valence-electron chi connectivity index (χ1n) is 16.5. The van der Waals surface area contributed by atoms with Crippen molar-refractivity contribution in [3.8, 4) is 5.75 Å². The lowest BCUT2D eigenvalue weighted by molar-refractivity contribution is -0.0350. The fourth-order valence-corrected chi connectivity index (χ4v) is 6.11. The Kier molecular flexibility index (Phi) is 14.0. The molecule has 2 aliphatic heterocycles. The average Bonchev–Trinajstić information content (AvgIpc) is 3.05. The smallest absolute Gasteiger partial charge is 0.154 e. The van der Waals surface area contributed by atoms with Gasteiger partial charge in [0, 0.05) is 67.3 Å². The summed E-state index contributed by atoms with van der Waals surface area (Å²) in [7, 11) is 3.63. The van der Waals surface area contributed by atoms with Crippen molar-refractivity contribution in [3.05, 3.63) is 70.7 Å². The van der Waals surface area contributed by atoms with Crippen LogP contribution in [0.4, 0.5) is 10.2 Å². The summed E-state index contributed by atoms with van der Waals surface area (Å²) in [5.74, 6) is 1.69. The molecule has 1 atom stereocenters. The first kappa shape index (κ1) is 36.9. The third kappa shape index (κ3) is 8.83. The zero-order valence-corrected chi connectivity index (χ0v) is 28.9. The van der Waals surface area contributed by atoms with E-state index in [-0.39, 0.29) is 11.5 Å². The number of fused-ring (bicyclic) bond motifs is 1. The maximum absolute atomic E-state index is 13.5. The lowest BCUT2D eigenvalue weighted by Gasteiger charge is -2.59. The van der Waals surface area contributed by atoms with E-state index in [1.54, 1.807) is 6.07 Å². The third-order valence-corrected chi connectivity index (χ3v) is 8.87. The maximum Gasteiger partial charge on any atom is 0.154 e. The Hall–Kier alpha value is -3.54. The standard InChI is InChI=1S/C26H27FN6O2.C6H15N.C2H6.CH5N/c1-16-10-28-11-21-23(4-5-29-24(16)21)35-20-8-26(9-20)13-33(14-26)25-22(32-31-15-30-25)7-17-2-3-19(27)6-18(17)12-34;1-5-7(4)6(2)3;2*1-2/h2-6,12,15-16,20,28H,7-11,13-14H2,1H3;6H,5H2,1-4H3;1-2H3;2H2,1H3. The molecule has 1 unspecified atom stereocenters. The molecule has 3 aliphatic rings. The Balaban J connectivity index is 0.000000460. The molecule has 1 spiro atoms. The van der Waals surface area contributed by atoms with E-state index >= 15 is 0 Å². The van der Waals surface area contributed by atoms with E-state index < -0.39 is 5.82 Å². The molecule has 0 amide bonds. The molecule has 0 bridgehead atoms. The van der Waals surface area contributed by atoms with Crippen LogP contribution in [-0.4, -0.2) is 83.8 Å². The van der Waals surface area contributed by atoms with E-state index in [0.29, 0.717) is 41.5 Å². The lowest BCUT2D eigenvalue weighted by atomic mass is 9.61. The van der Waals surface area contributed by atoms with Crippen molar-refractivity contribution in [2.75, 3.05) is 45.2 Å². The topological polar surface area (TPSA) is 122 Å². The minimum atomic E-state index is -0.433. The van der Waals surface area contributed by atoms with Gasteiger partial charge in [0.1, 0.15) is 36.0 Å². The van der Waals surface area contributed by atoms with Crippen LogP contribution in [0.25, 0.3) is 0 Å². The van der Waals surface area contributed by atoms with Gasteiger partial charge in [0.25, 0.3) is 0 Å². The Labute approximate surface area is 274 Å². The number of anilines is 1. The van der Waals surface area contributed by atoms with Crippen molar-refractivity contribution in [1.82, 2.24) is 30.4 Å². The molecule has 2 aromatic heterocycles. The van der Waals surface area contributed by atoms with Gasteiger partial charge in [-0.15, -0.1) is 10.2 Å². The van der Waals surface area contributed by atoms with Gasteiger partial charge in [-0.05, 0) is 71.1 Å². The highest BCUT2D eigenvalue weighted by Gasteiger charge is 2.54. The summed E-state index contributed by atoms with van der Waals surface area (Å²) in [6.07, 6.45) is 6.57. The van der Waals surface area contributed by atoms with E-state index in [1.165, 1.54) is 31.1 Å². The van der Waals surface area contributed by atoms with Gasteiger partial charge in [-0.25, -0.2) is 9.37 Å². The van der Waals surface area contributed by atoms with E-state index in [0.717, 1.165) is 62.8 Å². The molecule has 11 heteroatoms. The summed E-state index contributed by atoms with van der Waals surface area (Å²) in [5.41, 5.74) is 8.79. The minimum Gasteiger partial charge on any atom is -0.490 e. The monoisotopic (exact) mass is 636 g/mol. The summed E-state index contributed by atoms with van der Waals surface area (Å²) < 4.78 is 19.9. The van der Waals surface area contributed by atoms with Crippen molar-refractivity contribution >= 4 is 12.1 Å². The van der Waals surface area contributed by atoms with Crippen LogP contribution in [0.15, 0.2) is 36.8 Å². The van der Waals surface area contributed by atoms with Crippen LogP contribution in [0.2, 0.25) is 0 Å². The van der Waals surface area contributed by atoms with Gasteiger partial charge in [-0.3, -0.25) is 9.78 Å². The largest absolute Gasteiger partial charge is 0.490 e. The molecule has 2 fully saturated rings. The molecule has 1 saturated carbocycles. The van der Waals surface area contributed by atoms with Crippen LogP contribution in [0, 0.1) is 11.2 Å². The quantitative estimate of drug-likeness (QED) is 0.326. The number of nitrogens with one attached hydrogen (secondary N) is 1. The molecule has 4 heterocycles. The molecular weight excluding hydrogens is 583 g/mol. The van der Waals surface area contributed by atoms with Crippen molar-refractivity contribution in [1.29, 1.82) is 0 Å². The molecule has 1 aromatic carbocycles. The molecule has 1 aliphatic carbocycles. The molecule has 10 nitrogen and oxygen atoms in total. The number of hydrogen-bond acceptors (Lipinski definition) is 10. The number of rotatable bonds is 8. The van der Waals surface area contributed by atoms with Crippen LogP contribution >= 0.6 is 0 Å². The molecule has 3 N–H and O–H groups in total. The van der Waals surface area contributed by atoms with Crippen LogP contribution < -0.4 is 20.7 Å². The first-order chi connectivity index (χ1) is 22.2. The Morgan fingerprint density at radius 1 is 1.20 bits per heavy atom. The van der Waals surface area contributed by atoms with Crippen molar-refractivity contribution in [2.24, 2.45) is 11.1 Å². The van der Waals surface area contributed by atoms with E-state index in [2.05, 4.69) is 75.8 Å². The summed E-state index contributed by atoms with van der Waals surface area (Å²) in [5, 5.41) is 11.7. The Bertz CT molecular complexity index is 1390. The predicted octanol–water partition coefficient (Wildman–Crippen LogP) is 5.01. The van der Waals surface area contributed by atoms with Crippen LogP contribution in [0.3, 0.4) is 0 Å². The lowest BCUT2D eigenvalue weighted by Crippen LogP contribution is -2.65. The van der Waals surface area contributed by atoms with Gasteiger partial charge in [0.15, 0.2) is 5.82 Å². The molecule has 1 saturated heterocycles. The number of halogens is 1. The van der Waals surface area contributed by atoms with Crippen molar-refractivity contribution in [2.45, 2.75) is 85.4 Å².